The van der Waals surface area contributed by atoms with Gasteiger partial charge in [0.05, 0.1) is 27.1 Å². The van der Waals surface area contributed by atoms with Crippen LogP contribution in [-0.4, -0.2) is 11.1 Å². The minimum Gasteiger partial charge on any atom is -0.397 e. The number of nitrogens with two attached hydrogens (primary N) is 1. The molecule has 1 heterocycles. The van der Waals surface area contributed by atoms with Gasteiger partial charge in [0.1, 0.15) is 11.3 Å². The molecule has 1 amide bonds. The maximum absolute atomic E-state index is 12.1. The molecular formula is C12H11Cl2N3O2. The lowest BCUT2D eigenvalue weighted by molar-refractivity contribution is 0.102. The van der Waals surface area contributed by atoms with E-state index in [1.54, 1.807) is 13.8 Å². The Hall–Kier alpha value is -1.72. The highest BCUT2D eigenvalue weighted by Gasteiger charge is 2.18. The molecule has 0 aliphatic carbocycles. The van der Waals surface area contributed by atoms with Crippen molar-refractivity contribution in [1.82, 2.24) is 5.16 Å². The van der Waals surface area contributed by atoms with Gasteiger partial charge in [-0.25, -0.2) is 0 Å². The number of nitrogens with zero attached hydrogens (tertiary/aromatic N) is 1. The number of hydrogen-bond donors (Lipinski definition) is 2. The second-order valence-electron chi connectivity index (χ2n) is 4.01. The van der Waals surface area contributed by atoms with Gasteiger partial charge < -0.3 is 15.6 Å². The molecule has 2 rings (SSSR count). The Bertz CT molecular complexity index is 633. The SMILES string of the molecule is Cc1noc(C)c1C(=O)Nc1cc(Cl)c(Cl)cc1N. The number of nitrogen functional groups attached to an aromatic ring is 1. The van der Waals surface area contributed by atoms with E-state index in [1.165, 1.54) is 12.1 Å². The van der Waals surface area contributed by atoms with E-state index in [1.807, 2.05) is 0 Å². The maximum atomic E-state index is 12.1. The first-order valence-electron chi connectivity index (χ1n) is 5.39. The number of aromatic nitrogens is 1. The van der Waals surface area contributed by atoms with Gasteiger partial charge in [0.15, 0.2) is 0 Å². The topological polar surface area (TPSA) is 81.2 Å². The molecule has 0 saturated heterocycles. The van der Waals surface area contributed by atoms with Crippen LogP contribution in [0, 0.1) is 13.8 Å². The molecule has 0 fully saturated rings. The predicted octanol–water partition coefficient (Wildman–Crippen LogP) is 3.43. The molecule has 1 aromatic carbocycles. The molecule has 7 heteroatoms. The largest absolute Gasteiger partial charge is 0.397 e. The smallest absolute Gasteiger partial charge is 0.261 e. The van der Waals surface area contributed by atoms with Crippen LogP contribution in [0.4, 0.5) is 11.4 Å². The van der Waals surface area contributed by atoms with E-state index in [0.717, 1.165) is 0 Å². The molecular weight excluding hydrogens is 289 g/mol. The lowest BCUT2D eigenvalue weighted by Crippen LogP contribution is -2.14. The molecule has 0 saturated carbocycles. The van der Waals surface area contributed by atoms with E-state index in [9.17, 15) is 4.79 Å². The summed E-state index contributed by atoms with van der Waals surface area (Å²) in [5.41, 5.74) is 7.38. The van der Waals surface area contributed by atoms with E-state index in [0.29, 0.717) is 38.4 Å². The van der Waals surface area contributed by atoms with Gasteiger partial charge in [-0.15, -0.1) is 0 Å². The van der Waals surface area contributed by atoms with Crippen LogP contribution < -0.4 is 11.1 Å². The van der Waals surface area contributed by atoms with Gasteiger partial charge in [-0.3, -0.25) is 4.79 Å². The Morgan fingerprint density at radius 2 is 1.95 bits per heavy atom. The second-order valence-corrected chi connectivity index (χ2v) is 4.82. The van der Waals surface area contributed by atoms with Gasteiger partial charge in [0.2, 0.25) is 0 Å². The minimum atomic E-state index is -0.360. The monoisotopic (exact) mass is 299 g/mol. The standard InChI is InChI=1S/C12H11Cl2N3O2/c1-5-11(6(2)19-17-5)12(18)16-10-4-8(14)7(13)3-9(10)15/h3-4H,15H2,1-2H3,(H,16,18). The van der Waals surface area contributed by atoms with Crippen molar-refractivity contribution in [2.45, 2.75) is 13.8 Å². The number of nitrogens with one attached hydrogen (secondary N) is 1. The molecule has 0 atom stereocenters. The summed E-state index contributed by atoms with van der Waals surface area (Å²) in [5.74, 6) is 0.0787. The van der Waals surface area contributed by atoms with E-state index < -0.39 is 0 Å². The third kappa shape index (κ3) is 2.67. The van der Waals surface area contributed by atoms with Crippen LogP contribution in [0.3, 0.4) is 0 Å². The lowest BCUT2D eigenvalue weighted by Gasteiger charge is -2.09. The zero-order valence-corrected chi connectivity index (χ0v) is 11.8. The normalized spacial score (nSPS) is 10.5. The van der Waals surface area contributed by atoms with Gasteiger partial charge in [-0.2, -0.15) is 0 Å². The Balaban J connectivity index is 2.32. The third-order valence-corrected chi connectivity index (χ3v) is 3.32. The average Bonchev–Trinajstić information content (AvgIpc) is 2.66. The molecule has 0 bridgehead atoms. The first kappa shape index (κ1) is 13.7. The molecule has 5 nitrogen and oxygen atoms in total. The number of amides is 1. The lowest BCUT2D eigenvalue weighted by atomic mass is 10.2. The number of benzene rings is 1. The second kappa shape index (κ2) is 5.11. The van der Waals surface area contributed by atoms with Gasteiger partial charge in [-0.05, 0) is 26.0 Å². The van der Waals surface area contributed by atoms with Crippen molar-refractivity contribution in [3.8, 4) is 0 Å². The van der Waals surface area contributed by atoms with Crippen LogP contribution in [0.15, 0.2) is 16.7 Å². The first-order chi connectivity index (χ1) is 8.90. The molecule has 0 aliphatic heterocycles. The van der Waals surface area contributed by atoms with E-state index in [-0.39, 0.29) is 5.91 Å². The van der Waals surface area contributed by atoms with Crippen LogP contribution in [-0.2, 0) is 0 Å². The predicted molar refractivity (Wildman–Crippen MR) is 74.8 cm³/mol. The first-order valence-corrected chi connectivity index (χ1v) is 6.14. The molecule has 0 aliphatic rings. The summed E-state index contributed by atoms with van der Waals surface area (Å²) < 4.78 is 4.94. The van der Waals surface area contributed by atoms with E-state index in [2.05, 4.69) is 10.5 Å². The van der Waals surface area contributed by atoms with Gasteiger partial charge in [-0.1, -0.05) is 28.4 Å². The highest BCUT2D eigenvalue weighted by Crippen LogP contribution is 2.31. The van der Waals surface area contributed by atoms with Crippen molar-refractivity contribution in [2.24, 2.45) is 0 Å². The summed E-state index contributed by atoms with van der Waals surface area (Å²) in [6.07, 6.45) is 0. The number of aryl methyl sites for hydroxylation is 2. The number of rotatable bonds is 2. The molecule has 0 radical (unpaired) electrons. The highest BCUT2D eigenvalue weighted by molar-refractivity contribution is 6.42. The van der Waals surface area contributed by atoms with E-state index in [4.69, 9.17) is 33.5 Å². The molecule has 0 unspecified atom stereocenters. The Kier molecular flexibility index (Phi) is 3.68. The van der Waals surface area contributed by atoms with Crippen LogP contribution >= 0.6 is 23.2 Å². The summed E-state index contributed by atoms with van der Waals surface area (Å²) in [7, 11) is 0. The van der Waals surface area contributed by atoms with Gasteiger partial charge >= 0.3 is 0 Å². The van der Waals surface area contributed by atoms with Crippen LogP contribution in [0.25, 0.3) is 0 Å². The Labute approximate surface area is 119 Å². The Morgan fingerprint density at radius 3 is 2.53 bits per heavy atom. The number of carbonyl (C=O) groups is 1. The number of hydrogen-bond acceptors (Lipinski definition) is 4. The fourth-order valence-corrected chi connectivity index (χ4v) is 2.00. The van der Waals surface area contributed by atoms with Crippen molar-refractivity contribution in [1.29, 1.82) is 0 Å². The quantitative estimate of drug-likeness (QED) is 0.832. The van der Waals surface area contributed by atoms with Crippen molar-refractivity contribution >= 4 is 40.5 Å². The van der Waals surface area contributed by atoms with Crippen LogP contribution in [0.5, 0.6) is 0 Å². The van der Waals surface area contributed by atoms with E-state index >= 15 is 0 Å². The van der Waals surface area contributed by atoms with Crippen molar-refractivity contribution in [3.05, 3.63) is 39.2 Å². The maximum Gasteiger partial charge on any atom is 0.261 e. The van der Waals surface area contributed by atoms with Crippen molar-refractivity contribution in [3.63, 3.8) is 0 Å². The van der Waals surface area contributed by atoms with Crippen LogP contribution in [0.2, 0.25) is 10.0 Å². The number of halogens is 2. The van der Waals surface area contributed by atoms with Gasteiger partial charge in [0, 0.05) is 0 Å². The summed E-state index contributed by atoms with van der Waals surface area (Å²) in [5, 5.41) is 7.01. The summed E-state index contributed by atoms with van der Waals surface area (Å²) in [6, 6.07) is 2.97. The van der Waals surface area contributed by atoms with Crippen molar-refractivity contribution < 1.29 is 9.32 Å². The summed E-state index contributed by atoms with van der Waals surface area (Å²) >= 11 is 11.7. The third-order valence-electron chi connectivity index (χ3n) is 2.60. The molecule has 0 spiro atoms. The van der Waals surface area contributed by atoms with Crippen molar-refractivity contribution in [2.75, 3.05) is 11.1 Å². The fourth-order valence-electron chi connectivity index (χ4n) is 1.66. The zero-order chi connectivity index (χ0) is 14.2. The van der Waals surface area contributed by atoms with Crippen LogP contribution in [0.1, 0.15) is 21.8 Å². The summed E-state index contributed by atoms with van der Waals surface area (Å²) in [4.78, 5) is 12.1. The molecule has 1 aromatic heterocycles. The summed E-state index contributed by atoms with van der Waals surface area (Å²) in [6.45, 7) is 3.34. The number of anilines is 2. The number of carbonyl (C=O) groups excluding carboxylic acids is 1. The molecule has 2 aromatic rings. The molecule has 100 valence electrons. The fraction of sp³-hybridized carbons (Fsp3) is 0.167. The molecule has 19 heavy (non-hydrogen) atoms. The Morgan fingerprint density at radius 1 is 1.32 bits per heavy atom. The zero-order valence-electron chi connectivity index (χ0n) is 10.3. The highest BCUT2D eigenvalue weighted by atomic mass is 35.5. The minimum absolute atomic E-state index is 0.310. The molecule has 3 N–H and O–H groups in total. The van der Waals surface area contributed by atoms with Gasteiger partial charge in [0.25, 0.3) is 5.91 Å². The average molecular weight is 300 g/mol.